The first-order chi connectivity index (χ1) is 9.42. The van der Waals surface area contributed by atoms with Gasteiger partial charge in [0, 0.05) is 0 Å². The van der Waals surface area contributed by atoms with Crippen molar-refractivity contribution >= 4 is 22.7 Å². The number of hydrogen-bond acceptors (Lipinski definition) is 5. The fourth-order valence-electron chi connectivity index (χ4n) is 2.25. The van der Waals surface area contributed by atoms with E-state index in [0.29, 0.717) is 0 Å². The maximum absolute atomic E-state index is 6.35. The smallest absolute Gasteiger partial charge is 0.113 e. The summed E-state index contributed by atoms with van der Waals surface area (Å²) in [5.41, 5.74) is 2.43. The summed E-state index contributed by atoms with van der Waals surface area (Å²) in [5, 5.41) is 8.46. The predicted octanol–water partition coefficient (Wildman–Crippen LogP) is 3.41. The number of thiophene rings is 2. The molecule has 4 heterocycles. The largest absolute Gasteiger partial charge is 0.370 e. The molecular weight excluding hydrogens is 280 g/mol. The Morgan fingerprint density at radius 2 is 1.42 bits per heavy atom. The highest BCUT2D eigenvalue weighted by molar-refractivity contribution is 7.08. The van der Waals surface area contributed by atoms with E-state index in [2.05, 4.69) is 33.7 Å². The van der Waals surface area contributed by atoms with Gasteiger partial charge in [-0.05, 0) is 44.8 Å². The van der Waals surface area contributed by atoms with Crippen LogP contribution in [-0.2, 0) is 14.2 Å². The van der Waals surface area contributed by atoms with E-state index in [0.717, 1.165) is 13.2 Å². The van der Waals surface area contributed by atoms with E-state index >= 15 is 0 Å². The summed E-state index contributed by atoms with van der Waals surface area (Å²) >= 11 is 3.39. The monoisotopic (exact) mass is 294 g/mol. The first-order valence-electron chi connectivity index (χ1n) is 6.34. The van der Waals surface area contributed by atoms with Crippen molar-refractivity contribution in [1.29, 1.82) is 0 Å². The van der Waals surface area contributed by atoms with Crippen LogP contribution in [0.4, 0.5) is 0 Å². The molecule has 0 aromatic carbocycles. The Kier molecular flexibility index (Phi) is 3.17. The summed E-state index contributed by atoms with van der Waals surface area (Å²) in [7, 11) is 0. The average molecular weight is 294 g/mol. The Labute approximate surface area is 119 Å². The molecule has 3 nitrogen and oxygen atoms in total. The Bertz CT molecular complexity index is 467. The van der Waals surface area contributed by atoms with Crippen molar-refractivity contribution < 1.29 is 14.2 Å². The molecular formula is C14H14O3S2. The first kappa shape index (κ1) is 12.1. The van der Waals surface area contributed by atoms with E-state index in [1.165, 1.54) is 11.1 Å². The van der Waals surface area contributed by atoms with Gasteiger partial charge in [0.05, 0.1) is 13.2 Å². The predicted molar refractivity (Wildman–Crippen MR) is 74.7 cm³/mol. The SMILES string of the molecule is c1cc(C(OC(c2ccsc2)[C@@H]2CO2)[C@@H]2CO2)cs1. The van der Waals surface area contributed by atoms with E-state index in [1.807, 2.05) is 0 Å². The molecule has 0 spiro atoms. The van der Waals surface area contributed by atoms with E-state index < -0.39 is 0 Å². The van der Waals surface area contributed by atoms with Gasteiger partial charge < -0.3 is 14.2 Å². The summed E-state index contributed by atoms with van der Waals surface area (Å²) < 4.78 is 17.3. The minimum absolute atomic E-state index is 0.0281. The molecule has 2 fully saturated rings. The van der Waals surface area contributed by atoms with Crippen LogP contribution in [0.25, 0.3) is 0 Å². The van der Waals surface area contributed by atoms with E-state index in [-0.39, 0.29) is 24.4 Å². The number of epoxide rings is 2. The molecule has 4 atom stereocenters. The highest BCUT2D eigenvalue weighted by Crippen LogP contribution is 2.41. The van der Waals surface area contributed by atoms with Gasteiger partial charge in [-0.25, -0.2) is 0 Å². The standard InChI is InChI=1S/C14H14O3S2/c1-3-18-7-9(1)13(11-5-15-11)17-14(12-6-16-12)10-2-4-19-8-10/h1-4,7-8,11-14H,5-6H2/t11-,12-,13?,14?/m0/s1. The van der Waals surface area contributed by atoms with Crippen molar-refractivity contribution in [1.82, 2.24) is 0 Å². The summed E-state index contributed by atoms with van der Waals surface area (Å²) in [5.74, 6) is 0. The molecule has 2 aliphatic rings. The van der Waals surface area contributed by atoms with Gasteiger partial charge in [-0.3, -0.25) is 0 Å². The minimum Gasteiger partial charge on any atom is -0.370 e. The minimum atomic E-state index is 0.0281. The van der Waals surface area contributed by atoms with Crippen LogP contribution >= 0.6 is 22.7 Å². The van der Waals surface area contributed by atoms with Crippen LogP contribution in [0.1, 0.15) is 23.3 Å². The van der Waals surface area contributed by atoms with Crippen molar-refractivity contribution in [3.8, 4) is 0 Å². The van der Waals surface area contributed by atoms with Crippen LogP contribution < -0.4 is 0 Å². The molecule has 4 rings (SSSR count). The van der Waals surface area contributed by atoms with Gasteiger partial charge >= 0.3 is 0 Å². The van der Waals surface area contributed by atoms with Crippen LogP contribution in [0.15, 0.2) is 33.7 Å². The Morgan fingerprint density at radius 3 is 1.74 bits per heavy atom. The van der Waals surface area contributed by atoms with E-state index in [4.69, 9.17) is 14.2 Å². The molecule has 5 heteroatoms. The third-order valence-corrected chi connectivity index (χ3v) is 4.83. The normalized spacial score (nSPS) is 28.0. The van der Waals surface area contributed by atoms with Crippen molar-refractivity contribution in [3.63, 3.8) is 0 Å². The highest BCUT2D eigenvalue weighted by Gasteiger charge is 2.42. The van der Waals surface area contributed by atoms with Crippen LogP contribution in [0.3, 0.4) is 0 Å². The van der Waals surface area contributed by atoms with Gasteiger partial charge in [0.1, 0.15) is 24.4 Å². The van der Waals surface area contributed by atoms with Crippen LogP contribution in [0.5, 0.6) is 0 Å². The molecule has 0 radical (unpaired) electrons. The Morgan fingerprint density at radius 1 is 0.947 bits per heavy atom. The van der Waals surface area contributed by atoms with Crippen molar-refractivity contribution in [3.05, 3.63) is 44.8 Å². The van der Waals surface area contributed by atoms with Gasteiger partial charge in [0.2, 0.25) is 0 Å². The summed E-state index contributed by atoms with van der Waals surface area (Å²) in [6, 6.07) is 4.24. The zero-order valence-electron chi connectivity index (χ0n) is 10.2. The second kappa shape index (κ2) is 5.00. The Hall–Kier alpha value is -0.720. The maximum atomic E-state index is 6.35. The van der Waals surface area contributed by atoms with E-state index in [1.54, 1.807) is 22.7 Å². The lowest BCUT2D eigenvalue weighted by atomic mass is 10.1. The Balaban J connectivity index is 1.56. The van der Waals surface area contributed by atoms with Crippen molar-refractivity contribution in [2.75, 3.05) is 13.2 Å². The topological polar surface area (TPSA) is 34.3 Å². The molecule has 100 valence electrons. The third-order valence-electron chi connectivity index (χ3n) is 3.43. The van der Waals surface area contributed by atoms with Gasteiger partial charge in [0.15, 0.2) is 0 Å². The number of hydrogen-bond donors (Lipinski definition) is 0. The number of rotatable bonds is 6. The van der Waals surface area contributed by atoms with Gasteiger partial charge in [-0.15, -0.1) is 0 Å². The molecule has 2 unspecified atom stereocenters. The quantitative estimate of drug-likeness (QED) is 0.766. The average Bonchev–Trinajstić information content (AvgIpc) is 3.32. The molecule has 2 aromatic rings. The van der Waals surface area contributed by atoms with Gasteiger partial charge in [-0.2, -0.15) is 22.7 Å². The highest BCUT2D eigenvalue weighted by atomic mass is 32.1. The summed E-state index contributed by atoms with van der Waals surface area (Å²) in [6.07, 6.45) is 0.463. The first-order valence-corrected chi connectivity index (χ1v) is 8.23. The van der Waals surface area contributed by atoms with Crippen LogP contribution in [0, 0.1) is 0 Å². The van der Waals surface area contributed by atoms with Gasteiger partial charge in [0.25, 0.3) is 0 Å². The molecule has 0 saturated carbocycles. The van der Waals surface area contributed by atoms with Gasteiger partial charge in [-0.1, -0.05) is 0 Å². The second-order valence-corrected chi connectivity index (χ2v) is 6.39. The summed E-state index contributed by atoms with van der Waals surface area (Å²) in [6.45, 7) is 1.59. The fourth-order valence-corrected chi connectivity index (χ4v) is 3.62. The number of ether oxygens (including phenoxy) is 3. The molecule has 0 aliphatic carbocycles. The zero-order chi connectivity index (χ0) is 12.7. The summed E-state index contributed by atoms with van der Waals surface area (Å²) in [4.78, 5) is 0. The molecule has 2 aromatic heterocycles. The second-order valence-electron chi connectivity index (χ2n) is 4.83. The molecule has 0 N–H and O–H groups in total. The molecule has 2 saturated heterocycles. The lowest BCUT2D eigenvalue weighted by Crippen LogP contribution is -2.18. The lowest BCUT2D eigenvalue weighted by molar-refractivity contribution is -0.0415. The zero-order valence-corrected chi connectivity index (χ0v) is 11.9. The molecule has 19 heavy (non-hydrogen) atoms. The van der Waals surface area contributed by atoms with Crippen molar-refractivity contribution in [2.45, 2.75) is 24.4 Å². The third kappa shape index (κ3) is 2.61. The molecule has 2 aliphatic heterocycles. The maximum Gasteiger partial charge on any atom is 0.113 e. The van der Waals surface area contributed by atoms with Crippen LogP contribution in [-0.4, -0.2) is 25.4 Å². The lowest BCUT2D eigenvalue weighted by Gasteiger charge is -2.22. The molecule has 0 bridgehead atoms. The van der Waals surface area contributed by atoms with Crippen LogP contribution in [0.2, 0.25) is 0 Å². The van der Waals surface area contributed by atoms with E-state index in [9.17, 15) is 0 Å². The van der Waals surface area contributed by atoms with Crippen molar-refractivity contribution in [2.24, 2.45) is 0 Å². The fraction of sp³-hybridized carbons (Fsp3) is 0.429. The molecule has 0 amide bonds.